The summed E-state index contributed by atoms with van der Waals surface area (Å²) in [5.74, 6) is 0.260. The molecule has 0 aromatic carbocycles. The maximum absolute atomic E-state index is 12.0. The lowest BCUT2D eigenvalue weighted by atomic mass is 9.68. The molecule has 0 radical (unpaired) electrons. The Hall–Kier alpha value is -0.690. The van der Waals surface area contributed by atoms with Crippen LogP contribution < -0.4 is 11.1 Å². The Morgan fingerprint density at radius 2 is 2.11 bits per heavy atom. The molecule has 6 heteroatoms. The summed E-state index contributed by atoms with van der Waals surface area (Å²) < 4.78 is 16.3. The number of ether oxygens (including phenoxy) is 3. The summed E-state index contributed by atoms with van der Waals surface area (Å²) >= 11 is 0. The standard InChI is InChI=1S/C12H20N2O4/c13-9-7-2-1-3-18-11(7)10(9)14-12(15)8-6-16-4-5-17-8/h7-11H,1-6,13H2,(H,14,15). The van der Waals surface area contributed by atoms with Gasteiger partial charge in [0.2, 0.25) is 0 Å². The van der Waals surface area contributed by atoms with Crippen LogP contribution in [0.1, 0.15) is 12.8 Å². The third-order valence-electron chi connectivity index (χ3n) is 4.09. The van der Waals surface area contributed by atoms with Gasteiger partial charge < -0.3 is 25.3 Å². The highest BCUT2D eigenvalue weighted by Gasteiger charge is 2.51. The Labute approximate surface area is 106 Å². The highest BCUT2D eigenvalue weighted by atomic mass is 16.6. The number of nitrogens with one attached hydrogen (secondary N) is 1. The fourth-order valence-electron chi connectivity index (χ4n) is 3.02. The molecular formula is C12H20N2O4. The summed E-state index contributed by atoms with van der Waals surface area (Å²) in [6, 6.07) is -0.0721. The van der Waals surface area contributed by atoms with E-state index in [1.807, 2.05) is 0 Å². The molecule has 102 valence electrons. The highest BCUT2D eigenvalue weighted by Crippen LogP contribution is 2.37. The van der Waals surface area contributed by atoms with E-state index in [-0.39, 0.29) is 24.1 Å². The summed E-state index contributed by atoms with van der Waals surface area (Å²) in [4.78, 5) is 12.0. The summed E-state index contributed by atoms with van der Waals surface area (Å²) in [6.07, 6.45) is 1.74. The fraction of sp³-hybridized carbons (Fsp3) is 0.917. The first-order valence-corrected chi connectivity index (χ1v) is 6.64. The molecule has 0 aromatic heterocycles. The first-order valence-electron chi connectivity index (χ1n) is 6.64. The van der Waals surface area contributed by atoms with Gasteiger partial charge in [-0.25, -0.2) is 0 Å². The predicted molar refractivity (Wildman–Crippen MR) is 62.9 cm³/mol. The van der Waals surface area contributed by atoms with Crippen molar-refractivity contribution in [3.05, 3.63) is 0 Å². The molecule has 2 saturated heterocycles. The van der Waals surface area contributed by atoms with E-state index in [0.29, 0.717) is 25.7 Å². The Kier molecular flexibility index (Phi) is 3.52. The minimum absolute atomic E-state index is 0.00348. The van der Waals surface area contributed by atoms with Gasteiger partial charge in [0.25, 0.3) is 5.91 Å². The lowest BCUT2D eigenvalue weighted by molar-refractivity contribution is -0.158. The normalized spacial score (nSPS) is 43.7. The van der Waals surface area contributed by atoms with Crippen molar-refractivity contribution < 1.29 is 19.0 Å². The molecule has 1 amide bonds. The zero-order chi connectivity index (χ0) is 12.5. The molecule has 2 aliphatic heterocycles. The van der Waals surface area contributed by atoms with Crippen LogP contribution in [0.5, 0.6) is 0 Å². The van der Waals surface area contributed by atoms with Crippen LogP contribution in [-0.4, -0.2) is 56.6 Å². The molecular weight excluding hydrogens is 236 g/mol. The molecule has 5 atom stereocenters. The molecule has 0 spiro atoms. The maximum atomic E-state index is 12.0. The fourth-order valence-corrected chi connectivity index (χ4v) is 3.02. The summed E-state index contributed by atoms with van der Waals surface area (Å²) in [6.45, 7) is 2.12. The van der Waals surface area contributed by atoms with E-state index < -0.39 is 6.10 Å². The number of carbonyl (C=O) groups excluding carboxylic acids is 1. The smallest absolute Gasteiger partial charge is 0.251 e. The SMILES string of the molecule is NC1C2CCCOC2C1NC(=O)C1COCCO1. The van der Waals surface area contributed by atoms with E-state index >= 15 is 0 Å². The summed E-state index contributed by atoms with van der Waals surface area (Å²) in [5, 5.41) is 2.94. The number of nitrogens with two attached hydrogens (primary N) is 1. The quantitative estimate of drug-likeness (QED) is 0.664. The third kappa shape index (κ3) is 2.14. The molecule has 6 nitrogen and oxygen atoms in total. The van der Waals surface area contributed by atoms with E-state index in [0.717, 1.165) is 19.4 Å². The number of amides is 1. The monoisotopic (exact) mass is 256 g/mol. The average molecular weight is 256 g/mol. The van der Waals surface area contributed by atoms with Gasteiger partial charge in [-0.3, -0.25) is 4.79 Å². The van der Waals surface area contributed by atoms with E-state index in [1.54, 1.807) is 0 Å². The highest BCUT2D eigenvalue weighted by molar-refractivity contribution is 5.81. The second-order valence-corrected chi connectivity index (χ2v) is 5.19. The van der Waals surface area contributed by atoms with Crippen molar-refractivity contribution in [3.63, 3.8) is 0 Å². The number of hydrogen-bond acceptors (Lipinski definition) is 5. The van der Waals surface area contributed by atoms with Crippen molar-refractivity contribution in [1.29, 1.82) is 0 Å². The largest absolute Gasteiger partial charge is 0.376 e. The number of fused-ring (bicyclic) bond motifs is 1. The zero-order valence-electron chi connectivity index (χ0n) is 10.3. The Morgan fingerprint density at radius 1 is 1.22 bits per heavy atom. The van der Waals surface area contributed by atoms with Crippen LogP contribution in [0.3, 0.4) is 0 Å². The van der Waals surface area contributed by atoms with E-state index in [2.05, 4.69) is 5.32 Å². The molecule has 0 aromatic rings. The van der Waals surface area contributed by atoms with Gasteiger partial charge in [0.05, 0.1) is 32.0 Å². The van der Waals surface area contributed by atoms with Crippen LogP contribution in [-0.2, 0) is 19.0 Å². The van der Waals surface area contributed by atoms with Gasteiger partial charge >= 0.3 is 0 Å². The van der Waals surface area contributed by atoms with Crippen molar-refractivity contribution in [2.75, 3.05) is 26.4 Å². The van der Waals surface area contributed by atoms with Crippen LogP contribution in [0, 0.1) is 5.92 Å². The van der Waals surface area contributed by atoms with Gasteiger partial charge in [-0.05, 0) is 12.8 Å². The molecule has 1 saturated carbocycles. The van der Waals surface area contributed by atoms with Crippen LogP contribution >= 0.6 is 0 Å². The van der Waals surface area contributed by atoms with Gasteiger partial charge in [0.15, 0.2) is 6.10 Å². The molecule has 3 aliphatic rings. The Morgan fingerprint density at radius 3 is 2.89 bits per heavy atom. The molecule has 1 aliphatic carbocycles. The maximum Gasteiger partial charge on any atom is 0.251 e. The van der Waals surface area contributed by atoms with E-state index in [4.69, 9.17) is 19.9 Å². The predicted octanol–water partition coefficient (Wildman–Crippen LogP) is -0.977. The van der Waals surface area contributed by atoms with Gasteiger partial charge in [-0.15, -0.1) is 0 Å². The molecule has 3 N–H and O–H groups in total. The molecule has 18 heavy (non-hydrogen) atoms. The summed E-state index contributed by atoms with van der Waals surface area (Å²) in [5.41, 5.74) is 6.09. The van der Waals surface area contributed by atoms with Gasteiger partial charge in [-0.1, -0.05) is 0 Å². The average Bonchev–Trinajstić information content (AvgIpc) is 2.45. The Balaban J connectivity index is 1.54. The lowest BCUT2D eigenvalue weighted by Crippen LogP contribution is -2.72. The molecule has 3 rings (SSSR count). The lowest BCUT2D eigenvalue weighted by Gasteiger charge is -2.52. The molecule has 5 unspecified atom stereocenters. The second-order valence-electron chi connectivity index (χ2n) is 5.19. The molecule has 0 bridgehead atoms. The minimum atomic E-state index is -0.506. The number of hydrogen-bond donors (Lipinski definition) is 2. The Bertz CT molecular complexity index is 319. The van der Waals surface area contributed by atoms with Crippen molar-refractivity contribution >= 4 is 5.91 Å². The van der Waals surface area contributed by atoms with E-state index in [9.17, 15) is 4.79 Å². The van der Waals surface area contributed by atoms with Crippen molar-refractivity contribution in [2.45, 2.75) is 37.1 Å². The van der Waals surface area contributed by atoms with Crippen LogP contribution in [0.15, 0.2) is 0 Å². The second kappa shape index (κ2) is 5.13. The van der Waals surface area contributed by atoms with Gasteiger partial charge in [0.1, 0.15) is 0 Å². The van der Waals surface area contributed by atoms with Crippen molar-refractivity contribution in [1.82, 2.24) is 5.32 Å². The first kappa shape index (κ1) is 12.3. The zero-order valence-corrected chi connectivity index (χ0v) is 10.3. The minimum Gasteiger partial charge on any atom is -0.376 e. The van der Waals surface area contributed by atoms with Gasteiger partial charge in [0, 0.05) is 18.6 Å². The first-order chi connectivity index (χ1) is 8.77. The topological polar surface area (TPSA) is 82.8 Å². The molecule has 2 heterocycles. The third-order valence-corrected chi connectivity index (χ3v) is 4.09. The number of rotatable bonds is 2. The van der Waals surface area contributed by atoms with Crippen LogP contribution in [0.2, 0.25) is 0 Å². The van der Waals surface area contributed by atoms with Gasteiger partial charge in [-0.2, -0.15) is 0 Å². The van der Waals surface area contributed by atoms with Crippen molar-refractivity contribution in [3.8, 4) is 0 Å². The summed E-state index contributed by atoms with van der Waals surface area (Å²) in [7, 11) is 0. The van der Waals surface area contributed by atoms with Crippen molar-refractivity contribution in [2.24, 2.45) is 11.7 Å². The van der Waals surface area contributed by atoms with E-state index in [1.165, 1.54) is 0 Å². The van der Waals surface area contributed by atoms with Crippen LogP contribution in [0.25, 0.3) is 0 Å². The van der Waals surface area contributed by atoms with Crippen LogP contribution in [0.4, 0.5) is 0 Å². The molecule has 3 fully saturated rings. The number of carbonyl (C=O) groups is 1.